The average molecular weight is 529 g/mol. The maximum atomic E-state index is 13.8. The summed E-state index contributed by atoms with van der Waals surface area (Å²) < 4.78 is 11.0. The summed E-state index contributed by atoms with van der Waals surface area (Å²) in [4.78, 5) is 32.9. The normalized spacial score (nSPS) is 13.3. The number of amides is 1. The smallest absolute Gasteiger partial charge is 0.341 e. The molecule has 2 aromatic carbocycles. The number of nitrogens with one attached hydrogen (secondary N) is 1. The highest BCUT2D eigenvalue weighted by Gasteiger charge is 2.27. The molecule has 7 heteroatoms. The average Bonchev–Trinajstić information content (AvgIpc) is 3.24. The molecule has 0 spiro atoms. The minimum Gasteiger partial charge on any atom is -0.494 e. The van der Waals surface area contributed by atoms with Gasteiger partial charge in [0.15, 0.2) is 0 Å². The van der Waals surface area contributed by atoms with E-state index in [4.69, 9.17) is 14.5 Å². The van der Waals surface area contributed by atoms with Gasteiger partial charge in [-0.05, 0) is 81.5 Å². The Balaban J connectivity index is 1.54. The maximum Gasteiger partial charge on any atom is 0.341 e. The van der Waals surface area contributed by atoms with Crippen molar-refractivity contribution < 1.29 is 19.1 Å². The Bertz CT molecular complexity index is 1460. The number of para-hydroxylation sites is 1. The van der Waals surface area contributed by atoms with E-state index < -0.39 is 0 Å². The molecule has 5 rings (SSSR count). The Labute approximate surface area is 227 Å². The lowest BCUT2D eigenvalue weighted by atomic mass is 9.96. The van der Waals surface area contributed by atoms with Gasteiger partial charge in [0.25, 0.3) is 5.91 Å². The zero-order chi connectivity index (χ0) is 26.5. The van der Waals surface area contributed by atoms with Crippen molar-refractivity contribution in [2.24, 2.45) is 0 Å². The summed E-state index contributed by atoms with van der Waals surface area (Å²) in [5, 5.41) is 4.42. The van der Waals surface area contributed by atoms with Gasteiger partial charge in [-0.15, -0.1) is 11.3 Å². The van der Waals surface area contributed by atoms with Crippen LogP contribution in [0.25, 0.3) is 22.2 Å². The van der Waals surface area contributed by atoms with E-state index in [0.29, 0.717) is 28.4 Å². The topological polar surface area (TPSA) is 77.5 Å². The number of rotatable bonds is 7. The van der Waals surface area contributed by atoms with Crippen molar-refractivity contribution in [1.29, 1.82) is 0 Å². The van der Waals surface area contributed by atoms with Crippen LogP contribution in [0.4, 0.5) is 5.00 Å². The number of carbonyl (C=O) groups is 2. The number of hydrogen-bond acceptors (Lipinski definition) is 6. The number of fused-ring (bicyclic) bond motifs is 2. The lowest BCUT2D eigenvalue weighted by Gasteiger charge is -2.12. The predicted octanol–water partition coefficient (Wildman–Crippen LogP) is 7.45. The Morgan fingerprint density at radius 2 is 1.71 bits per heavy atom. The van der Waals surface area contributed by atoms with Crippen molar-refractivity contribution in [2.75, 3.05) is 18.5 Å². The first-order chi connectivity index (χ1) is 18.6. The van der Waals surface area contributed by atoms with Crippen LogP contribution in [0.3, 0.4) is 0 Å². The van der Waals surface area contributed by atoms with Gasteiger partial charge < -0.3 is 14.8 Å². The fourth-order valence-corrected chi connectivity index (χ4v) is 6.27. The summed E-state index contributed by atoms with van der Waals surface area (Å²) in [6.07, 6.45) is 6.20. The van der Waals surface area contributed by atoms with Gasteiger partial charge >= 0.3 is 5.97 Å². The molecule has 0 aliphatic heterocycles. The van der Waals surface area contributed by atoms with E-state index in [0.717, 1.165) is 59.9 Å². The van der Waals surface area contributed by atoms with Gasteiger partial charge in [0.05, 0.1) is 35.6 Å². The Morgan fingerprint density at radius 1 is 0.947 bits per heavy atom. The third-order valence-electron chi connectivity index (χ3n) is 6.80. The molecule has 1 aliphatic carbocycles. The number of benzene rings is 2. The Morgan fingerprint density at radius 3 is 2.47 bits per heavy atom. The number of ether oxygens (including phenoxy) is 2. The molecule has 1 amide bonds. The lowest BCUT2D eigenvalue weighted by Crippen LogP contribution is -2.16. The molecule has 4 aromatic rings. The number of aromatic nitrogens is 1. The molecular formula is C31H32N2O4S. The first-order valence-corrected chi connectivity index (χ1v) is 14.2. The van der Waals surface area contributed by atoms with Crippen molar-refractivity contribution in [3.63, 3.8) is 0 Å². The van der Waals surface area contributed by atoms with Crippen molar-refractivity contribution in [3.05, 3.63) is 76.2 Å². The van der Waals surface area contributed by atoms with Crippen molar-refractivity contribution >= 4 is 39.1 Å². The number of hydrogen-bond donors (Lipinski definition) is 1. The fourth-order valence-electron chi connectivity index (χ4n) is 5.00. The molecule has 0 atom stereocenters. The van der Waals surface area contributed by atoms with Gasteiger partial charge in [0.1, 0.15) is 10.8 Å². The van der Waals surface area contributed by atoms with Gasteiger partial charge in [0, 0.05) is 15.8 Å². The molecule has 1 N–H and O–H groups in total. The fraction of sp³-hybridized carbons (Fsp3) is 0.323. The number of anilines is 1. The van der Waals surface area contributed by atoms with Gasteiger partial charge in [-0.2, -0.15) is 0 Å². The molecule has 0 radical (unpaired) electrons. The number of aryl methyl sites for hydroxylation is 1. The quantitative estimate of drug-likeness (QED) is 0.252. The maximum absolute atomic E-state index is 13.8. The summed E-state index contributed by atoms with van der Waals surface area (Å²) >= 11 is 1.51. The Hall–Kier alpha value is -3.71. The summed E-state index contributed by atoms with van der Waals surface area (Å²) in [5.41, 5.74) is 4.38. The van der Waals surface area contributed by atoms with Crippen LogP contribution in [0, 0.1) is 0 Å². The summed E-state index contributed by atoms with van der Waals surface area (Å²) in [6.45, 7) is 4.64. The van der Waals surface area contributed by atoms with Crippen LogP contribution in [0.1, 0.15) is 70.7 Å². The zero-order valence-corrected chi connectivity index (χ0v) is 22.7. The highest BCUT2D eigenvalue weighted by Crippen LogP contribution is 2.38. The second kappa shape index (κ2) is 11.8. The first-order valence-electron chi connectivity index (χ1n) is 13.3. The minimum absolute atomic E-state index is 0.268. The van der Waals surface area contributed by atoms with Crippen molar-refractivity contribution in [3.8, 4) is 17.0 Å². The summed E-state index contributed by atoms with van der Waals surface area (Å²) in [5.74, 6) is 0.154. The van der Waals surface area contributed by atoms with Crippen LogP contribution in [0.15, 0.2) is 54.6 Å². The van der Waals surface area contributed by atoms with Gasteiger partial charge in [0.2, 0.25) is 0 Å². The molecule has 0 unspecified atom stereocenters. The number of esters is 1. The van der Waals surface area contributed by atoms with E-state index >= 15 is 0 Å². The zero-order valence-electron chi connectivity index (χ0n) is 21.8. The van der Waals surface area contributed by atoms with Crippen LogP contribution >= 0.6 is 11.3 Å². The molecule has 1 aliphatic rings. The molecule has 0 saturated carbocycles. The number of pyridine rings is 1. The van der Waals surface area contributed by atoms with Crippen LogP contribution in [0.5, 0.6) is 5.75 Å². The van der Waals surface area contributed by atoms with Crippen LogP contribution < -0.4 is 10.1 Å². The largest absolute Gasteiger partial charge is 0.494 e. The van der Waals surface area contributed by atoms with E-state index in [1.165, 1.54) is 22.6 Å². The van der Waals surface area contributed by atoms with Crippen LogP contribution in [0.2, 0.25) is 0 Å². The van der Waals surface area contributed by atoms with Gasteiger partial charge in [-0.1, -0.05) is 31.0 Å². The number of carbonyl (C=O) groups excluding carboxylic acids is 2. The van der Waals surface area contributed by atoms with E-state index in [-0.39, 0.29) is 18.5 Å². The summed E-state index contributed by atoms with van der Waals surface area (Å²) in [7, 11) is 0. The van der Waals surface area contributed by atoms with E-state index in [1.807, 2.05) is 61.5 Å². The summed E-state index contributed by atoms with van der Waals surface area (Å²) in [6, 6.07) is 17.1. The molecular weight excluding hydrogens is 496 g/mol. The minimum atomic E-state index is -0.365. The molecule has 0 fully saturated rings. The van der Waals surface area contributed by atoms with Crippen LogP contribution in [-0.4, -0.2) is 30.1 Å². The highest BCUT2D eigenvalue weighted by atomic mass is 32.1. The lowest BCUT2D eigenvalue weighted by molar-refractivity contribution is 0.0526. The van der Waals surface area contributed by atoms with E-state index in [1.54, 1.807) is 6.92 Å². The predicted molar refractivity (Wildman–Crippen MR) is 152 cm³/mol. The molecule has 6 nitrogen and oxygen atoms in total. The molecule has 0 bridgehead atoms. The second-order valence-electron chi connectivity index (χ2n) is 9.33. The number of thiophene rings is 1. The monoisotopic (exact) mass is 528 g/mol. The van der Waals surface area contributed by atoms with Gasteiger partial charge in [-0.3, -0.25) is 4.79 Å². The van der Waals surface area contributed by atoms with Gasteiger partial charge in [-0.25, -0.2) is 9.78 Å². The molecule has 0 saturated heterocycles. The number of nitrogens with zero attached hydrogens (tertiary/aromatic N) is 1. The highest BCUT2D eigenvalue weighted by molar-refractivity contribution is 7.17. The third-order valence-corrected chi connectivity index (χ3v) is 8.01. The SMILES string of the molecule is CCOC(=O)c1c(NC(=O)c2cc(-c3ccc(OCC)cc3)nc3ccccc23)sc2c1CCCCCC2. The first kappa shape index (κ1) is 25.9. The molecule has 2 aromatic heterocycles. The van der Waals surface area contributed by atoms with E-state index in [9.17, 15) is 9.59 Å². The van der Waals surface area contributed by atoms with Crippen LogP contribution in [-0.2, 0) is 17.6 Å². The molecule has 38 heavy (non-hydrogen) atoms. The Kier molecular flexibility index (Phi) is 8.03. The second-order valence-corrected chi connectivity index (χ2v) is 10.4. The standard InChI is InChI=1S/C31H32N2O4S/c1-3-36-21-17-15-20(16-18-21)26-19-24(22-11-9-10-13-25(22)32-26)29(34)33-30-28(31(35)37-4-2)23-12-7-5-6-8-14-27(23)38-30/h9-11,13,15-19H,3-8,12,14H2,1-2H3,(H,33,34). The molecule has 2 heterocycles. The third kappa shape index (κ3) is 5.43. The van der Waals surface area contributed by atoms with Crippen molar-refractivity contribution in [1.82, 2.24) is 4.98 Å². The van der Waals surface area contributed by atoms with E-state index in [2.05, 4.69) is 5.32 Å². The molecule has 196 valence electrons. The van der Waals surface area contributed by atoms with Crippen molar-refractivity contribution in [2.45, 2.75) is 52.4 Å².